The summed E-state index contributed by atoms with van der Waals surface area (Å²) in [5.41, 5.74) is 4.20. The van der Waals surface area contributed by atoms with Gasteiger partial charge in [-0.25, -0.2) is 19.2 Å². The molecule has 0 fully saturated rings. The molecule has 0 amide bonds. The molecule has 0 saturated heterocycles. The van der Waals surface area contributed by atoms with Crippen LogP contribution in [0.4, 0.5) is 0 Å². The summed E-state index contributed by atoms with van der Waals surface area (Å²) in [7, 11) is 0. The Morgan fingerprint density at radius 3 is 0.929 bits per heavy atom. The molecule has 0 aliphatic rings. The van der Waals surface area contributed by atoms with E-state index in [-0.39, 0.29) is 25.7 Å². The van der Waals surface area contributed by atoms with Crippen molar-refractivity contribution in [1.29, 1.82) is 10.5 Å². The molecular formula is C48H52N8O14. The van der Waals surface area contributed by atoms with Crippen LogP contribution in [0, 0.1) is 22.7 Å². The van der Waals surface area contributed by atoms with Crippen LogP contribution in [0.5, 0.6) is 0 Å². The molecule has 0 aliphatic heterocycles. The number of carboxylic acids is 4. The average Bonchev–Trinajstić information content (AvgIpc) is 3.36. The summed E-state index contributed by atoms with van der Waals surface area (Å²) < 4.78 is 0. The van der Waals surface area contributed by atoms with Crippen LogP contribution in [0.1, 0.15) is 33.8 Å². The molecule has 0 aliphatic carbocycles. The molecule has 6 atom stereocenters. The number of pyridine rings is 6. The van der Waals surface area contributed by atoms with Crippen molar-refractivity contribution in [3.05, 3.63) is 181 Å². The largest absolute Gasteiger partial charge is 0.479 e. The zero-order valence-electron chi connectivity index (χ0n) is 37.2. The van der Waals surface area contributed by atoms with Gasteiger partial charge in [0.2, 0.25) is 0 Å². The first-order valence-electron chi connectivity index (χ1n) is 20.6. The van der Waals surface area contributed by atoms with E-state index in [0.717, 1.165) is 11.3 Å². The number of carbonyl (C=O) groups is 4. The van der Waals surface area contributed by atoms with E-state index in [1.54, 1.807) is 134 Å². The molecule has 10 N–H and O–H groups in total. The van der Waals surface area contributed by atoms with Gasteiger partial charge in [0.05, 0.1) is 12.1 Å². The van der Waals surface area contributed by atoms with Gasteiger partial charge in [0.1, 0.15) is 12.2 Å². The monoisotopic (exact) mass is 964 g/mol. The highest BCUT2D eigenvalue weighted by molar-refractivity contribution is 5.73. The Balaban J connectivity index is 0.000000420. The Morgan fingerprint density at radius 2 is 0.671 bits per heavy atom. The highest BCUT2D eigenvalue weighted by atomic mass is 16.4. The molecule has 0 radical (unpaired) electrons. The molecular weight excluding hydrogens is 913 g/mol. The summed E-state index contributed by atoms with van der Waals surface area (Å²) >= 11 is 0. The minimum absolute atomic E-state index is 0.0518. The van der Waals surface area contributed by atoms with Crippen molar-refractivity contribution in [2.75, 3.05) is 0 Å². The highest BCUT2D eigenvalue weighted by Crippen LogP contribution is 2.04. The SMILES string of the molecule is N#CC(O)Cc1ccccn1.N#CC(O)Cc1cccnc1.O=C(O)[C@@H](O)Cc1ccccn1.O=C(O)[C@@H](O)Cc1cccnc1.O=C(O)[C@H](O)Cc1ccccn1.O=C(O)[C@H](O)Cc1cccnc1. The Labute approximate surface area is 401 Å². The minimum atomic E-state index is -1.36. The number of aromatic nitrogens is 6. The van der Waals surface area contributed by atoms with Crippen molar-refractivity contribution in [1.82, 2.24) is 29.9 Å². The molecule has 0 aromatic carbocycles. The molecule has 0 spiro atoms. The molecule has 0 saturated carbocycles. The van der Waals surface area contributed by atoms with E-state index in [9.17, 15) is 19.2 Å². The van der Waals surface area contributed by atoms with Crippen molar-refractivity contribution in [3.8, 4) is 12.1 Å². The standard InChI is InChI=1S/2C8H8N2O.4C8H9NO3/c9-5-8(11)4-7-2-1-3-10-6-7;9-6-8(11)5-7-3-1-2-4-10-7;2*10-7(8(11)12)4-6-2-1-3-9-5-6;2*10-7(8(11)12)5-6-3-1-2-4-9-6/h1-3,6,8,11H,4H2;1-4,8,11H,5H2;2*1-3,5,7,10H,4H2,(H,11,12);2*1-4,7,10H,5H2,(H,11,12)/t;;4*7-/m..1010/s1. The predicted molar refractivity (Wildman–Crippen MR) is 245 cm³/mol. The first kappa shape index (κ1) is 59.5. The summed E-state index contributed by atoms with van der Waals surface area (Å²) in [5.74, 6) is -4.86. The van der Waals surface area contributed by atoms with Gasteiger partial charge < -0.3 is 51.1 Å². The van der Waals surface area contributed by atoms with Crippen molar-refractivity contribution in [2.45, 2.75) is 75.1 Å². The summed E-state index contributed by atoms with van der Waals surface area (Å²) in [4.78, 5) is 64.1. The zero-order chi connectivity index (χ0) is 52.1. The number of rotatable bonds is 16. The number of nitriles is 2. The maximum absolute atomic E-state index is 10.2. The molecule has 2 unspecified atom stereocenters. The smallest absolute Gasteiger partial charge is 0.332 e. The van der Waals surface area contributed by atoms with Crippen molar-refractivity contribution in [3.63, 3.8) is 0 Å². The van der Waals surface area contributed by atoms with Crippen molar-refractivity contribution in [2.24, 2.45) is 0 Å². The van der Waals surface area contributed by atoms with Crippen LogP contribution in [0.25, 0.3) is 0 Å². The van der Waals surface area contributed by atoms with Crippen LogP contribution in [-0.4, -0.2) is 141 Å². The maximum atomic E-state index is 10.2. The lowest BCUT2D eigenvalue weighted by Gasteiger charge is -2.03. The summed E-state index contributed by atoms with van der Waals surface area (Å²) in [6.45, 7) is 0. The number of nitrogens with zero attached hydrogens (tertiary/aromatic N) is 8. The Bertz CT molecular complexity index is 2150. The van der Waals surface area contributed by atoms with Crippen LogP contribution >= 0.6 is 0 Å². The van der Waals surface area contributed by atoms with E-state index in [1.165, 1.54) is 12.4 Å². The Morgan fingerprint density at radius 1 is 0.386 bits per heavy atom. The quantitative estimate of drug-likeness (QED) is 0.0611. The third-order valence-electron chi connectivity index (χ3n) is 8.28. The third kappa shape index (κ3) is 29.2. The number of aliphatic hydroxyl groups is 6. The zero-order valence-corrected chi connectivity index (χ0v) is 37.2. The van der Waals surface area contributed by atoms with E-state index in [2.05, 4.69) is 29.9 Å². The predicted octanol–water partition coefficient (Wildman–Crippen LogP) is 1.30. The van der Waals surface area contributed by atoms with Gasteiger partial charge in [-0.1, -0.05) is 36.4 Å². The maximum Gasteiger partial charge on any atom is 0.332 e. The lowest BCUT2D eigenvalue weighted by atomic mass is 10.1. The Hall–Kier alpha value is -8.48. The topological polar surface area (TPSA) is 395 Å². The van der Waals surface area contributed by atoms with Gasteiger partial charge in [0.15, 0.2) is 24.4 Å². The van der Waals surface area contributed by atoms with Gasteiger partial charge in [-0.05, 0) is 71.3 Å². The molecule has 70 heavy (non-hydrogen) atoms. The molecule has 368 valence electrons. The van der Waals surface area contributed by atoms with Gasteiger partial charge in [0.25, 0.3) is 0 Å². The fourth-order valence-corrected chi connectivity index (χ4v) is 4.82. The van der Waals surface area contributed by atoms with E-state index in [4.69, 9.17) is 61.6 Å². The van der Waals surface area contributed by atoms with E-state index < -0.39 is 60.5 Å². The molecule has 22 nitrogen and oxygen atoms in total. The normalized spacial score (nSPS) is 12.3. The van der Waals surface area contributed by atoms with Crippen LogP contribution < -0.4 is 0 Å². The number of hydrogen-bond donors (Lipinski definition) is 10. The van der Waals surface area contributed by atoms with E-state index in [0.29, 0.717) is 35.4 Å². The second-order valence-corrected chi connectivity index (χ2v) is 14.0. The summed E-state index contributed by atoms with van der Waals surface area (Å²) in [5, 5.41) is 104. The van der Waals surface area contributed by atoms with Gasteiger partial charge in [-0.15, -0.1) is 0 Å². The van der Waals surface area contributed by atoms with Crippen LogP contribution in [0.3, 0.4) is 0 Å². The van der Waals surface area contributed by atoms with Crippen LogP contribution in [-0.2, 0) is 57.7 Å². The number of hydrogen-bond acceptors (Lipinski definition) is 18. The van der Waals surface area contributed by atoms with Gasteiger partial charge in [0, 0.05) is 111 Å². The summed E-state index contributed by atoms with van der Waals surface area (Å²) in [6, 6.07) is 29.6. The second kappa shape index (κ2) is 35.7. The Kier molecular flexibility index (Phi) is 30.3. The molecule has 6 heterocycles. The van der Waals surface area contributed by atoms with Gasteiger partial charge >= 0.3 is 23.9 Å². The second-order valence-electron chi connectivity index (χ2n) is 14.0. The van der Waals surface area contributed by atoms with Gasteiger partial charge in [-0.2, -0.15) is 10.5 Å². The van der Waals surface area contributed by atoms with Gasteiger partial charge in [-0.3, -0.25) is 29.9 Å². The molecule has 22 heteroatoms. The number of aliphatic carboxylic acids is 4. The fraction of sp³-hybridized carbons (Fsp3) is 0.250. The van der Waals surface area contributed by atoms with E-state index >= 15 is 0 Å². The van der Waals surface area contributed by atoms with Crippen LogP contribution in [0.2, 0.25) is 0 Å². The first-order valence-corrected chi connectivity index (χ1v) is 20.6. The fourth-order valence-electron chi connectivity index (χ4n) is 4.82. The van der Waals surface area contributed by atoms with Crippen molar-refractivity contribution >= 4 is 23.9 Å². The molecule has 6 aromatic heterocycles. The number of carboxylic acid groups (broad SMARTS) is 4. The molecule has 6 aromatic rings. The molecule has 6 rings (SSSR count). The third-order valence-corrected chi connectivity index (χ3v) is 8.28. The first-order chi connectivity index (χ1) is 33.4. The molecule has 0 bridgehead atoms. The lowest BCUT2D eigenvalue weighted by molar-refractivity contribution is -0.147. The lowest BCUT2D eigenvalue weighted by Crippen LogP contribution is -2.22. The highest BCUT2D eigenvalue weighted by Gasteiger charge is 2.16. The average molecular weight is 965 g/mol. The van der Waals surface area contributed by atoms with Crippen molar-refractivity contribution < 1.29 is 70.2 Å². The summed E-state index contributed by atoms with van der Waals surface area (Å²) in [6.07, 6.45) is 8.01. The number of aliphatic hydroxyl groups excluding tert-OH is 6. The minimum Gasteiger partial charge on any atom is -0.479 e. The van der Waals surface area contributed by atoms with E-state index in [1.807, 2.05) is 12.1 Å². The van der Waals surface area contributed by atoms with Crippen LogP contribution in [0.15, 0.2) is 147 Å².